The molecule has 0 bridgehead atoms. The maximum absolute atomic E-state index is 12.3. The number of ketones is 1. The summed E-state index contributed by atoms with van der Waals surface area (Å²) in [5, 5.41) is 8.50. The Labute approximate surface area is 167 Å². The minimum absolute atomic E-state index is 0.0422. The molecule has 3 aromatic rings. The van der Waals surface area contributed by atoms with Gasteiger partial charge in [0.2, 0.25) is 0 Å². The molecule has 0 saturated carbocycles. The summed E-state index contributed by atoms with van der Waals surface area (Å²) in [6, 6.07) is 18.8. The van der Waals surface area contributed by atoms with Gasteiger partial charge in [-0.05, 0) is 60.7 Å². The minimum atomic E-state index is -0.400. The summed E-state index contributed by atoms with van der Waals surface area (Å²) < 4.78 is 15.6. The van der Waals surface area contributed by atoms with Gasteiger partial charge in [-0.3, -0.25) is 4.79 Å². The van der Waals surface area contributed by atoms with E-state index < -0.39 is 5.97 Å². The molecule has 0 aliphatic heterocycles. The fraction of sp³-hybridized carbons (Fsp3) is 0.0870. The van der Waals surface area contributed by atoms with Crippen molar-refractivity contribution in [3.8, 4) is 23.1 Å². The van der Waals surface area contributed by atoms with Gasteiger partial charge in [-0.1, -0.05) is 12.1 Å². The second-order valence-corrected chi connectivity index (χ2v) is 5.94. The van der Waals surface area contributed by atoms with E-state index in [2.05, 4.69) is 4.74 Å². The number of ether oxygens (including phenoxy) is 2. The topological polar surface area (TPSA) is 89.5 Å². The smallest absolute Gasteiger partial charge is 0.337 e. The Balaban J connectivity index is 1.66. The number of rotatable bonds is 7. The van der Waals surface area contributed by atoms with Crippen molar-refractivity contribution >= 4 is 17.8 Å². The third-order valence-corrected chi connectivity index (χ3v) is 4.06. The standard InChI is InChI=1S/C23H17NO5/c1-27-23(26)18-4-2-17(3-5-18)22-13-11-20(29-22)10-12-21(25)16-6-8-19(9-7-16)28-15-14-24/h2-13H,15H2,1H3/b12-10+. The van der Waals surface area contributed by atoms with E-state index >= 15 is 0 Å². The highest BCUT2D eigenvalue weighted by Crippen LogP contribution is 2.23. The predicted molar refractivity (Wildman–Crippen MR) is 106 cm³/mol. The Morgan fingerprint density at radius 2 is 1.69 bits per heavy atom. The minimum Gasteiger partial charge on any atom is -0.479 e. The number of allylic oxidation sites excluding steroid dienone is 1. The first-order valence-electron chi connectivity index (χ1n) is 8.71. The number of nitriles is 1. The van der Waals surface area contributed by atoms with Gasteiger partial charge >= 0.3 is 5.97 Å². The van der Waals surface area contributed by atoms with E-state index in [0.29, 0.717) is 28.4 Å². The van der Waals surface area contributed by atoms with Crippen molar-refractivity contribution in [2.75, 3.05) is 13.7 Å². The van der Waals surface area contributed by atoms with Crippen molar-refractivity contribution in [2.45, 2.75) is 0 Å². The summed E-state index contributed by atoms with van der Waals surface area (Å²) in [5.74, 6) is 1.09. The van der Waals surface area contributed by atoms with Gasteiger partial charge in [-0.25, -0.2) is 4.79 Å². The van der Waals surface area contributed by atoms with E-state index in [1.54, 1.807) is 66.7 Å². The zero-order chi connectivity index (χ0) is 20.6. The quantitative estimate of drug-likeness (QED) is 0.336. The molecule has 0 atom stereocenters. The average Bonchev–Trinajstić information content (AvgIpc) is 3.25. The van der Waals surface area contributed by atoms with Crippen LogP contribution < -0.4 is 4.74 Å². The van der Waals surface area contributed by atoms with Crippen LogP contribution in [-0.4, -0.2) is 25.5 Å². The summed E-state index contributed by atoms with van der Waals surface area (Å²) in [4.78, 5) is 23.8. The van der Waals surface area contributed by atoms with Crippen LogP contribution in [-0.2, 0) is 4.74 Å². The highest BCUT2D eigenvalue weighted by molar-refractivity contribution is 6.06. The third kappa shape index (κ3) is 4.99. The lowest BCUT2D eigenvalue weighted by atomic mass is 10.1. The second kappa shape index (κ2) is 9.20. The maximum atomic E-state index is 12.3. The molecule has 0 saturated heterocycles. The molecule has 0 aliphatic rings. The SMILES string of the molecule is COC(=O)c1ccc(-c2ccc(/C=C/C(=O)c3ccc(OCC#N)cc3)o2)cc1. The van der Waals surface area contributed by atoms with E-state index in [-0.39, 0.29) is 12.4 Å². The molecule has 29 heavy (non-hydrogen) atoms. The Hall–Kier alpha value is -4.11. The number of methoxy groups -OCH3 is 1. The zero-order valence-electron chi connectivity index (χ0n) is 15.6. The molecule has 1 aromatic heterocycles. The molecule has 0 radical (unpaired) electrons. The molecule has 0 fully saturated rings. The first-order valence-corrected chi connectivity index (χ1v) is 8.71. The molecule has 0 aliphatic carbocycles. The molecule has 6 nitrogen and oxygen atoms in total. The van der Waals surface area contributed by atoms with Gasteiger partial charge in [-0.15, -0.1) is 0 Å². The van der Waals surface area contributed by atoms with Crippen LogP contribution in [0.1, 0.15) is 26.5 Å². The molecular formula is C23H17NO5. The summed E-state index contributed by atoms with van der Waals surface area (Å²) in [7, 11) is 1.33. The summed E-state index contributed by atoms with van der Waals surface area (Å²) >= 11 is 0. The number of nitrogens with zero attached hydrogens (tertiary/aromatic N) is 1. The van der Waals surface area contributed by atoms with E-state index in [1.807, 2.05) is 6.07 Å². The summed E-state index contributed by atoms with van der Waals surface area (Å²) in [6.07, 6.45) is 3.02. The lowest BCUT2D eigenvalue weighted by Gasteiger charge is -2.01. The van der Waals surface area contributed by atoms with Gasteiger partial charge < -0.3 is 13.9 Å². The zero-order valence-corrected chi connectivity index (χ0v) is 15.6. The highest BCUT2D eigenvalue weighted by Gasteiger charge is 2.08. The molecule has 1 heterocycles. The van der Waals surface area contributed by atoms with Crippen molar-refractivity contribution in [1.82, 2.24) is 0 Å². The monoisotopic (exact) mass is 387 g/mol. The van der Waals surface area contributed by atoms with Crippen molar-refractivity contribution < 1.29 is 23.5 Å². The summed E-state index contributed by atoms with van der Waals surface area (Å²) in [6.45, 7) is -0.0422. The average molecular weight is 387 g/mol. The molecule has 0 N–H and O–H groups in total. The fourth-order valence-corrected chi connectivity index (χ4v) is 2.57. The van der Waals surface area contributed by atoms with Crippen LogP contribution in [0, 0.1) is 11.3 Å². The highest BCUT2D eigenvalue weighted by atomic mass is 16.5. The van der Waals surface area contributed by atoms with E-state index in [4.69, 9.17) is 14.4 Å². The lowest BCUT2D eigenvalue weighted by Crippen LogP contribution is -2.00. The van der Waals surface area contributed by atoms with Crippen LogP contribution in [0.3, 0.4) is 0 Å². The number of furan rings is 1. The molecule has 2 aromatic carbocycles. The van der Waals surface area contributed by atoms with Gasteiger partial charge in [0.15, 0.2) is 12.4 Å². The molecule has 0 spiro atoms. The molecule has 6 heteroatoms. The van der Waals surface area contributed by atoms with Gasteiger partial charge in [0.1, 0.15) is 23.3 Å². The van der Waals surface area contributed by atoms with Crippen LogP contribution in [0.5, 0.6) is 5.75 Å². The number of benzene rings is 2. The van der Waals surface area contributed by atoms with Gasteiger partial charge in [0.05, 0.1) is 12.7 Å². The van der Waals surface area contributed by atoms with Crippen molar-refractivity contribution in [3.05, 3.63) is 83.6 Å². The normalized spacial score (nSPS) is 10.5. The predicted octanol–water partition coefficient (Wildman–Crippen LogP) is 4.53. The first-order chi connectivity index (χ1) is 14.1. The first kappa shape index (κ1) is 19.6. The van der Waals surface area contributed by atoms with E-state index in [9.17, 15) is 9.59 Å². The van der Waals surface area contributed by atoms with Crippen molar-refractivity contribution in [1.29, 1.82) is 5.26 Å². The Bertz CT molecular complexity index is 1070. The molecule has 0 unspecified atom stereocenters. The van der Waals surface area contributed by atoms with Crippen LogP contribution >= 0.6 is 0 Å². The number of hydrogen-bond acceptors (Lipinski definition) is 6. The number of carbonyl (C=O) groups excluding carboxylic acids is 2. The molecule has 3 rings (SSSR count). The maximum Gasteiger partial charge on any atom is 0.337 e. The van der Waals surface area contributed by atoms with E-state index in [1.165, 1.54) is 13.2 Å². The largest absolute Gasteiger partial charge is 0.479 e. The number of carbonyl (C=O) groups is 2. The van der Waals surface area contributed by atoms with Crippen LogP contribution in [0.15, 0.2) is 71.2 Å². The van der Waals surface area contributed by atoms with Crippen molar-refractivity contribution in [3.63, 3.8) is 0 Å². The van der Waals surface area contributed by atoms with Crippen LogP contribution in [0.25, 0.3) is 17.4 Å². The Kier molecular flexibility index (Phi) is 6.23. The van der Waals surface area contributed by atoms with Gasteiger partial charge in [-0.2, -0.15) is 5.26 Å². The van der Waals surface area contributed by atoms with Crippen LogP contribution in [0.4, 0.5) is 0 Å². The Morgan fingerprint density at radius 3 is 2.34 bits per heavy atom. The second-order valence-electron chi connectivity index (χ2n) is 5.94. The van der Waals surface area contributed by atoms with Crippen LogP contribution in [0.2, 0.25) is 0 Å². The van der Waals surface area contributed by atoms with E-state index in [0.717, 1.165) is 5.56 Å². The number of esters is 1. The molecule has 144 valence electrons. The van der Waals surface area contributed by atoms with Crippen molar-refractivity contribution in [2.24, 2.45) is 0 Å². The third-order valence-electron chi connectivity index (χ3n) is 4.06. The van der Waals surface area contributed by atoms with Gasteiger partial charge in [0.25, 0.3) is 0 Å². The molecular weight excluding hydrogens is 370 g/mol. The summed E-state index contributed by atoms with van der Waals surface area (Å²) in [5.41, 5.74) is 1.75. The fourth-order valence-electron chi connectivity index (χ4n) is 2.57. The Morgan fingerprint density at radius 1 is 1.00 bits per heavy atom. The number of hydrogen-bond donors (Lipinski definition) is 0. The van der Waals surface area contributed by atoms with Gasteiger partial charge in [0, 0.05) is 11.1 Å². The lowest BCUT2D eigenvalue weighted by molar-refractivity contribution is 0.0600. The molecule has 0 amide bonds.